The Morgan fingerprint density at radius 3 is 2.47 bits per heavy atom. The Morgan fingerprint density at radius 2 is 1.80 bits per heavy atom. The van der Waals surface area contributed by atoms with E-state index in [0.29, 0.717) is 24.7 Å². The lowest BCUT2D eigenvalue weighted by Gasteiger charge is -2.32. The molecule has 0 spiro atoms. The molecule has 1 saturated heterocycles. The molecule has 0 radical (unpaired) electrons. The van der Waals surface area contributed by atoms with Crippen molar-refractivity contribution in [1.82, 2.24) is 9.88 Å². The number of carbonyl (C=O) groups excluding carboxylic acids is 2. The van der Waals surface area contributed by atoms with E-state index in [9.17, 15) is 9.59 Å². The average molecular weight is 409 g/mol. The minimum Gasteiger partial charge on any atom is -0.474 e. The van der Waals surface area contributed by atoms with E-state index in [-0.39, 0.29) is 24.0 Å². The zero-order chi connectivity index (χ0) is 21.1. The number of benzene rings is 1. The monoisotopic (exact) mass is 408 g/mol. The highest BCUT2D eigenvalue weighted by Gasteiger charge is 2.29. The maximum atomic E-state index is 12.6. The van der Waals surface area contributed by atoms with Crippen molar-refractivity contribution in [3.8, 4) is 5.88 Å². The van der Waals surface area contributed by atoms with E-state index in [0.717, 1.165) is 42.5 Å². The van der Waals surface area contributed by atoms with Crippen LogP contribution in [-0.2, 0) is 4.79 Å². The lowest BCUT2D eigenvalue weighted by Crippen LogP contribution is -2.43. The van der Waals surface area contributed by atoms with Gasteiger partial charge in [-0.1, -0.05) is 12.1 Å². The van der Waals surface area contributed by atoms with Gasteiger partial charge in [0.1, 0.15) is 6.10 Å². The first kappa shape index (κ1) is 20.2. The Balaban J connectivity index is 1.24. The normalized spacial score (nSPS) is 16.8. The van der Waals surface area contributed by atoms with Gasteiger partial charge in [0.25, 0.3) is 0 Å². The summed E-state index contributed by atoms with van der Waals surface area (Å²) in [5.41, 5.74) is 3.80. The van der Waals surface area contributed by atoms with Gasteiger partial charge in [0, 0.05) is 43.6 Å². The smallest absolute Gasteiger partial charge is 0.321 e. The molecule has 2 fully saturated rings. The summed E-state index contributed by atoms with van der Waals surface area (Å²) >= 11 is 0. The van der Waals surface area contributed by atoms with Gasteiger partial charge in [-0.3, -0.25) is 4.79 Å². The quantitative estimate of drug-likeness (QED) is 0.779. The van der Waals surface area contributed by atoms with Gasteiger partial charge in [-0.15, -0.1) is 0 Å². The van der Waals surface area contributed by atoms with E-state index in [1.54, 1.807) is 12.3 Å². The van der Waals surface area contributed by atoms with Crippen molar-refractivity contribution >= 4 is 23.3 Å². The molecule has 0 bridgehead atoms. The average Bonchev–Trinajstić information content (AvgIpc) is 3.59. The number of rotatable bonds is 5. The molecule has 7 heteroatoms. The molecule has 0 unspecified atom stereocenters. The van der Waals surface area contributed by atoms with E-state index in [1.807, 2.05) is 43.0 Å². The number of likely N-dealkylation sites (tertiary alicyclic amines) is 1. The number of anilines is 2. The number of nitrogens with one attached hydrogen (secondary N) is 2. The third-order valence-electron chi connectivity index (χ3n) is 5.81. The second-order valence-corrected chi connectivity index (χ2v) is 8.13. The van der Waals surface area contributed by atoms with Crippen LogP contribution in [0.5, 0.6) is 5.88 Å². The maximum absolute atomic E-state index is 12.6. The maximum Gasteiger partial charge on any atom is 0.321 e. The molecule has 2 N–H and O–H groups in total. The van der Waals surface area contributed by atoms with Crippen molar-refractivity contribution in [1.29, 1.82) is 0 Å². The van der Waals surface area contributed by atoms with Crippen LogP contribution < -0.4 is 15.4 Å². The Kier molecular flexibility index (Phi) is 5.88. The molecule has 3 amide bonds. The van der Waals surface area contributed by atoms with Crippen molar-refractivity contribution in [2.75, 3.05) is 23.7 Å². The summed E-state index contributed by atoms with van der Waals surface area (Å²) in [4.78, 5) is 30.5. The van der Waals surface area contributed by atoms with Crippen LogP contribution in [0.15, 0.2) is 36.5 Å². The number of nitrogens with zero attached hydrogens (tertiary/aromatic N) is 2. The standard InChI is InChI=1S/C23H28N4O3/c1-15-4-3-5-20(16(15)2)26-23(29)27-12-10-19(11-13-27)30-21-9-8-18(14-24-21)25-22(28)17-6-7-17/h3-5,8-9,14,17,19H,6-7,10-13H2,1-2H3,(H,25,28)(H,26,29). The van der Waals surface area contributed by atoms with Gasteiger partial charge in [-0.25, -0.2) is 9.78 Å². The number of ether oxygens (including phenoxy) is 1. The van der Waals surface area contributed by atoms with Crippen molar-refractivity contribution in [2.45, 2.75) is 45.6 Å². The zero-order valence-electron chi connectivity index (χ0n) is 17.5. The minimum atomic E-state index is -0.0731. The summed E-state index contributed by atoms with van der Waals surface area (Å²) in [6.45, 7) is 5.32. The number of aromatic nitrogens is 1. The summed E-state index contributed by atoms with van der Waals surface area (Å²) in [5.74, 6) is 0.771. The Hall–Kier alpha value is -3.09. The summed E-state index contributed by atoms with van der Waals surface area (Å²) in [6.07, 6.45) is 5.10. The van der Waals surface area contributed by atoms with Crippen LogP contribution in [0.2, 0.25) is 0 Å². The molecule has 1 aliphatic carbocycles. The van der Waals surface area contributed by atoms with Gasteiger partial charge in [0.15, 0.2) is 0 Å². The van der Waals surface area contributed by atoms with Crippen LogP contribution >= 0.6 is 0 Å². The topological polar surface area (TPSA) is 83.6 Å². The molecule has 7 nitrogen and oxygen atoms in total. The first-order valence-corrected chi connectivity index (χ1v) is 10.6. The molecule has 1 saturated carbocycles. The first-order chi connectivity index (χ1) is 14.5. The minimum absolute atomic E-state index is 0.0224. The molecular weight excluding hydrogens is 380 g/mol. The van der Waals surface area contributed by atoms with Crippen molar-refractivity contribution in [2.24, 2.45) is 5.92 Å². The predicted molar refractivity (Wildman–Crippen MR) is 116 cm³/mol. The van der Waals surface area contributed by atoms with Crippen molar-refractivity contribution < 1.29 is 14.3 Å². The van der Waals surface area contributed by atoms with Crippen molar-refractivity contribution in [3.63, 3.8) is 0 Å². The zero-order valence-corrected chi connectivity index (χ0v) is 17.5. The van der Waals surface area contributed by atoms with Gasteiger partial charge in [0.2, 0.25) is 11.8 Å². The fourth-order valence-electron chi connectivity index (χ4n) is 3.54. The molecular formula is C23H28N4O3. The lowest BCUT2D eigenvalue weighted by molar-refractivity contribution is -0.117. The van der Waals surface area contributed by atoms with Crippen LogP contribution in [0.25, 0.3) is 0 Å². The third kappa shape index (κ3) is 4.90. The highest BCUT2D eigenvalue weighted by molar-refractivity contribution is 5.93. The molecule has 1 aromatic carbocycles. The number of hydrogen-bond donors (Lipinski definition) is 2. The number of hydrogen-bond acceptors (Lipinski definition) is 4. The van der Waals surface area contributed by atoms with Crippen molar-refractivity contribution in [3.05, 3.63) is 47.7 Å². The second kappa shape index (κ2) is 8.73. The summed E-state index contributed by atoms with van der Waals surface area (Å²) < 4.78 is 5.97. The molecule has 30 heavy (non-hydrogen) atoms. The molecule has 2 aliphatic rings. The highest BCUT2D eigenvalue weighted by Crippen LogP contribution is 2.30. The van der Waals surface area contributed by atoms with Crippen LogP contribution in [0.4, 0.5) is 16.2 Å². The van der Waals surface area contributed by atoms with E-state index in [1.165, 1.54) is 0 Å². The summed E-state index contributed by atoms with van der Waals surface area (Å²) in [7, 11) is 0. The molecule has 2 heterocycles. The largest absolute Gasteiger partial charge is 0.474 e. The van der Waals surface area contributed by atoms with E-state index in [4.69, 9.17) is 4.74 Å². The number of urea groups is 1. The van der Waals surface area contributed by atoms with Crippen LogP contribution in [0.3, 0.4) is 0 Å². The van der Waals surface area contributed by atoms with Gasteiger partial charge >= 0.3 is 6.03 Å². The van der Waals surface area contributed by atoms with Crippen LogP contribution in [0.1, 0.15) is 36.8 Å². The summed E-state index contributed by atoms with van der Waals surface area (Å²) in [6, 6.07) is 9.44. The Bertz CT molecular complexity index is 917. The fraction of sp³-hybridized carbons (Fsp3) is 0.435. The number of carbonyl (C=O) groups is 2. The fourth-order valence-corrected chi connectivity index (χ4v) is 3.54. The van der Waals surface area contributed by atoms with Gasteiger partial charge in [-0.2, -0.15) is 0 Å². The van der Waals surface area contributed by atoms with E-state index >= 15 is 0 Å². The van der Waals surface area contributed by atoms with Gasteiger partial charge in [0.05, 0.1) is 11.9 Å². The lowest BCUT2D eigenvalue weighted by atomic mass is 10.1. The molecule has 1 aliphatic heterocycles. The highest BCUT2D eigenvalue weighted by atomic mass is 16.5. The van der Waals surface area contributed by atoms with Gasteiger partial charge < -0.3 is 20.3 Å². The van der Waals surface area contributed by atoms with Crippen LogP contribution in [-0.4, -0.2) is 41.0 Å². The summed E-state index contributed by atoms with van der Waals surface area (Å²) in [5, 5.41) is 5.89. The second-order valence-electron chi connectivity index (χ2n) is 8.13. The van der Waals surface area contributed by atoms with E-state index < -0.39 is 0 Å². The van der Waals surface area contributed by atoms with Gasteiger partial charge in [-0.05, 0) is 49.9 Å². The number of amides is 3. The Labute approximate surface area is 176 Å². The third-order valence-corrected chi connectivity index (χ3v) is 5.81. The SMILES string of the molecule is Cc1cccc(NC(=O)N2CCC(Oc3ccc(NC(=O)C4CC4)cn3)CC2)c1C. The molecule has 0 atom stereocenters. The number of aryl methyl sites for hydroxylation is 1. The van der Waals surface area contributed by atoms with E-state index in [2.05, 4.69) is 15.6 Å². The van der Waals surface area contributed by atoms with Crippen LogP contribution in [0, 0.1) is 19.8 Å². The molecule has 4 rings (SSSR count). The predicted octanol–water partition coefficient (Wildman–Crippen LogP) is 4.12. The number of pyridine rings is 1. The first-order valence-electron chi connectivity index (χ1n) is 10.6. The number of piperidine rings is 1. The molecule has 1 aromatic heterocycles. The molecule has 158 valence electrons. The molecule has 2 aromatic rings. The Morgan fingerprint density at radius 1 is 1.03 bits per heavy atom.